The Balaban J connectivity index is 1.57. The van der Waals surface area contributed by atoms with Gasteiger partial charge in [-0.25, -0.2) is 4.99 Å². The van der Waals surface area contributed by atoms with E-state index in [4.69, 9.17) is 15.2 Å². The number of aliphatic imine (C=N–C) groups is 1. The van der Waals surface area contributed by atoms with E-state index < -0.39 is 0 Å². The summed E-state index contributed by atoms with van der Waals surface area (Å²) in [5.41, 5.74) is 7.05. The maximum Gasteiger partial charge on any atom is 0.188 e. The molecule has 6 heteroatoms. The summed E-state index contributed by atoms with van der Waals surface area (Å²) in [6, 6.07) is 6.49. The number of hydrogen-bond acceptors (Lipinski definition) is 4. The number of likely N-dealkylation sites (N-methyl/N-ethyl adjacent to an activating group) is 1. The maximum atomic E-state index is 6.04. The molecular weight excluding hydrogens is 304 g/mol. The van der Waals surface area contributed by atoms with Gasteiger partial charge in [0.15, 0.2) is 17.5 Å². The molecule has 0 amide bonds. The fourth-order valence-corrected chi connectivity index (χ4v) is 3.37. The first-order chi connectivity index (χ1) is 11.8. The summed E-state index contributed by atoms with van der Waals surface area (Å²) in [5, 5.41) is 3.27. The highest BCUT2D eigenvalue weighted by molar-refractivity contribution is 5.77. The molecule has 0 spiro atoms. The number of ether oxygens (including phenoxy) is 2. The third-order valence-corrected chi connectivity index (χ3v) is 4.70. The van der Waals surface area contributed by atoms with Crippen molar-refractivity contribution in [1.29, 1.82) is 0 Å². The van der Waals surface area contributed by atoms with Crippen LogP contribution in [0.25, 0.3) is 0 Å². The smallest absolute Gasteiger partial charge is 0.188 e. The SMILES string of the molecule is CCN1CCCC1CNC(N)=NCc1cccc2c1OCCCO2. The van der Waals surface area contributed by atoms with Crippen molar-refractivity contribution in [3.63, 3.8) is 0 Å². The lowest BCUT2D eigenvalue weighted by atomic mass is 10.2. The Hall–Kier alpha value is -1.95. The van der Waals surface area contributed by atoms with Crippen LogP contribution in [0.3, 0.4) is 0 Å². The standard InChI is InChI=1S/C18H28N4O2/c1-2-22-9-4-7-15(22)13-21-18(19)20-12-14-6-3-8-16-17(14)24-11-5-10-23-16/h3,6,8,15H,2,4-5,7,9-13H2,1H3,(H3,19,20,21). The zero-order chi connectivity index (χ0) is 16.8. The molecule has 1 fully saturated rings. The number of nitrogens with two attached hydrogens (primary N) is 1. The number of fused-ring (bicyclic) bond motifs is 1. The predicted molar refractivity (Wildman–Crippen MR) is 95.6 cm³/mol. The quantitative estimate of drug-likeness (QED) is 0.635. The molecule has 6 nitrogen and oxygen atoms in total. The first-order valence-electron chi connectivity index (χ1n) is 8.93. The zero-order valence-electron chi connectivity index (χ0n) is 14.5. The summed E-state index contributed by atoms with van der Waals surface area (Å²) in [6.07, 6.45) is 3.40. The lowest BCUT2D eigenvalue weighted by Crippen LogP contribution is -2.42. The van der Waals surface area contributed by atoms with Crippen molar-refractivity contribution in [2.45, 2.75) is 38.8 Å². The number of benzene rings is 1. The molecule has 2 heterocycles. The average Bonchev–Trinajstić information content (AvgIpc) is 2.92. The van der Waals surface area contributed by atoms with E-state index in [-0.39, 0.29) is 0 Å². The minimum absolute atomic E-state index is 0.491. The van der Waals surface area contributed by atoms with E-state index >= 15 is 0 Å². The van der Waals surface area contributed by atoms with Crippen LogP contribution >= 0.6 is 0 Å². The van der Waals surface area contributed by atoms with Gasteiger partial charge >= 0.3 is 0 Å². The molecule has 1 aromatic carbocycles. The van der Waals surface area contributed by atoms with Gasteiger partial charge in [-0.15, -0.1) is 0 Å². The summed E-state index contributed by atoms with van der Waals surface area (Å²) in [7, 11) is 0. The van der Waals surface area contributed by atoms with Crippen molar-refractivity contribution in [2.75, 3.05) is 32.8 Å². The second-order valence-electron chi connectivity index (χ2n) is 6.30. The summed E-state index contributed by atoms with van der Waals surface area (Å²) in [4.78, 5) is 6.96. The fourth-order valence-electron chi connectivity index (χ4n) is 3.37. The second kappa shape index (κ2) is 8.24. The van der Waals surface area contributed by atoms with E-state index in [2.05, 4.69) is 22.1 Å². The lowest BCUT2D eigenvalue weighted by Gasteiger charge is -2.23. The van der Waals surface area contributed by atoms with Crippen molar-refractivity contribution in [3.05, 3.63) is 23.8 Å². The predicted octanol–water partition coefficient (Wildman–Crippen LogP) is 1.74. The van der Waals surface area contributed by atoms with E-state index in [1.165, 1.54) is 19.4 Å². The molecule has 0 aromatic heterocycles. The van der Waals surface area contributed by atoms with Crippen molar-refractivity contribution in [1.82, 2.24) is 10.2 Å². The van der Waals surface area contributed by atoms with Gasteiger partial charge in [-0.05, 0) is 32.0 Å². The number of guanidine groups is 1. The number of hydrogen-bond donors (Lipinski definition) is 2. The lowest BCUT2D eigenvalue weighted by molar-refractivity contribution is 0.267. The average molecular weight is 332 g/mol. The summed E-state index contributed by atoms with van der Waals surface area (Å²) >= 11 is 0. The molecule has 2 aliphatic heterocycles. The summed E-state index contributed by atoms with van der Waals surface area (Å²) in [5.74, 6) is 2.10. The van der Waals surface area contributed by atoms with Gasteiger partial charge in [-0.2, -0.15) is 0 Å². The molecule has 24 heavy (non-hydrogen) atoms. The number of nitrogens with one attached hydrogen (secondary N) is 1. The largest absolute Gasteiger partial charge is 0.490 e. The van der Waals surface area contributed by atoms with Crippen molar-refractivity contribution in [2.24, 2.45) is 10.7 Å². The van der Waals surface area contributed by atoms with E-state index in [0.717, 1.165) is 36.6 Å². The van der Waals surface area contributed by atoms with Crippen LogP contribution in [0.5, 0.6) is 11.5 Å². The third kappa shape index (κ3) is 4.12. The van der Waals surface area contributed by atoms with E-state index in [0.29, 0.717) is 31.8 Å². The number of rotatable bonds is 5. The monoisotopic (exact) mass is 332 g/mol. The van der Waals surface area contributed by atoms with E-state index in [9.17, 15) is 0 Å². The maximum absolute atomic E-state index is 6.04. The minimum atomic E-state index is 0.491. The van der Waals surface area contributed by atoms with Crippen molar-refractivity contribution >= 4 is 5.96 Å². The molecule has 132 valence electrons. The first kappa shape index (κ1) is 16.9. The first-order valence-corrected chi connectivity index (χ1v) is 8.93. The second-order valence-corrected chi connectivity index (χ2v) is 6.30. The Morgan fingerprint density at radius 2 is 2.21 bits per heavy atom. The zero-order valence-corrected chi connectivity index (χ0v) is 14.5. The summed E-state index contributed by atoms with van der Waals surface area (Å²) < 4.78 is 11.5. The molecule has 0 radical (unpaired) electrons. The van der Waals surface area contributed by atoms with Crippen LogP contribution in [-0.2, 0) is 6.54 Å². The number of likely N-dealkylation sites (tertiary alicyclic amines) is 1. The summed E-state index contributed by atoms with van der Waals surface area (Å²) in [6.45, 7) is 7.21. The van der Waals surface area contributed by atoms with Crippen LogP contribution < -0.4 is 20.5 Å². The van der Waals surface area contributed by atoms with Crippen molar-refractivity contribution in [3.8, 4) is 11.5 Å². The van der Waals surface area contributed by atoms with Crippen LogP contribution in [0.1, 0.15) is 31.7 Å². The number of nitrogens with zero attached hydrogens (tertiary/aromatic N) is 2. The van der Waals surface area contributed by atoms with Crippen LogP contribution in [0.2, 0.25) is 0 Å². The molecule has 0 bridgehead atoms. The molecule has 3 rings (SSSR count). The Morgan fingerprint density at radius 1 is 1.33 bits per heavy atom. The van der Waals surface area contributed by atoms with E-state index in [1.807, 2.05) is 18.2 Å². The molecule has 2 aliphatic rings. The normalized spacial score (nSPS) is 21.5. The van der Waals surface area contributed by atoms with Gasteiger partial charge in [0, 0.05) is 24.6 Å². The Morgan fingerprint density at radius 3 is 3.08 bits per heavy atom. The molecule has 3 N–H and O–H groups in total. The van der Waals surface area contributed by atoms with Gasteiger partial charge < -0.3 is 20.5 Å². The number of para-hydroxylation sites is 1. The Labute approximate surface area is 144 Å². The topological polar surface area (TPSA) is 72.1 Å². The minimum Gasteiger partial charge on any atom is -0.490 e. The fraction of sp³-hybridized carbons (Fsp3) is 0.611. The highest BCUT2D eigenvalue weighted by Gasteiger charge is 2.22. The molecule has 1 atom stereocenters. The molecular formula is C18H28N4O2. The highest BCUT2D eigenvalue weighted by Crippen LogP contribution is 2.33. The Kier molecular flexibility index (Phi) is 5.80. The molecule has 1 aromatic rings. The van der Waals surface area contributed by atoms with Gasteiger partial charge in [0.1, 0.15) is 0 Å². The van der Waals surface area contributed by atoms with Gasteiger partial charge in [-0.1, -0.05) is 19.1 Å². The third-order valence-electron chi connectivity index (χ3n) is 4.70. The van der Waals surface area contributed by atoms with E-state index in [1.54, 1.807) is 0 Å². The highest BCUT2D eigenvalue weighted by atomic mass is 16.5. The van der Waals surface area contributed by atoms with Gasteiger partial charge in [0.25, 0.3) is 0 Å². The van der Waals surface area contributed by atoms with Gasteiger partial charge in [0.05, 0.1) is 19.8 Å². The van der Waals surface area contributed by atoms with Crippen LogP contribution in [0.4, 0.5) is 0 Å². The van der Waals surface area contributed by atoms with Gasteiger partial charge in [-0.3, -0.25) is 4.90 Å². The molecule has 0 aliphatic carbocycles. The molecule has 1 saturated heterocycles. The molecule has 1 unspecified atom stereocenters. The Bertz CT molecular complexity index is 576. The van der Waals surface area contributed by atoms with Crippen LogP contribution in [0, 0.1) is 0 Å². The molecule has 0 saturated carbocycles. The van der Waals surface area contributed by atoms with Gasteiger partial charge in [0.2, 0.25) is 0 Å². The van der Waals surface area contributed by atoms with Crippen LogP contribution in [0.15, 0.2) is 23.2 Å². The van der Waals surface area contributed by atoms with Crippen LogP contribution in [-0.4, -0.2) is 49.7 Å². The van der Waals surface area contributed by atoms with Crippen molar-refractivity contribution < 1.29 is 9.47 Å².